The number of anilines is 1. The van der Waals surface area contributed by atoms with E-state index in [4.69, 9.17) is 10.9 Å². The molecule has 0 saturated heterocycles. The minimum absolute atomic E-state index is 0.0965. The summed E-state index contributed by atoms with van der Waals surface area (Å²) in [6.45, 7) is 4.99. The summed E-state index contributed by atoms with van der Waals surface area (Å²) in [7, 11) is 0. The Kier molecular flexibility index (Phi) is 4.57. The Morgan fingerprint density at radius 2 is 2.30 bits per heavy atom. The molecule has 20 heavy (non-hydrogen) atoms. The van der Waals surface area contributed by atoms with Crippen LogP contribution in [0.1, 0.15) is 24.3 Å². The fraction of sp³-hybridized carbons (Fsp3) is 0.286. The fourth-order valence-corrected chi connectivity index (χ4v) is 2.70. The molecule has 2 rings (SSSR count). The number of pyridine rings is 1. The van der Waals surface area contributed by atoms with Crippen molar-refractivity contribution >= 4 is 22.9 Å². The van der Waals surface area contributed by atoms with E-state index in [1.807, 2.05) is 6.07 Å². The summed E-state index contributed by atoms with van der Waals surface area (Å²) in [5, 5.41) is 14.1. The molecule has 2 heterocycles. The smallest absolute Gasteiger partial charge is 0.172 e. The van der Waals surface area contributed by atoms with Crippen molar-refractivity contribution in [2.75, 3.05) is 4.90 Å². The van der Waals surface area contributed by atoms with E-state index >= 15 is 0 Å². The average Bonchev–Trinajstić information content (AvgIpc) is 2.96. The first kappa shape index (κ1) is 14.3. The fourth-order valence-electron chi connectivity index (χ4n) is 2.00. The number of hydrogen-bond acceptors (Lipinski definition) is 5. The van der Waals surface area contributed by atoms with Crippen LogP contribution in [0.25, 0.3) is 0 Å². The monoisotopic (exact) mass is 290 g/mol. The topological polar surface area (TPSA) is 74.7 Å². The number of amidine groups is 1. The molecule has 3 N–H and O–H groups in total. The number of nitrogens with two attached hydrogens (primary N) is 1. The molecule has 0 aromatic carbocycles. The van der Waals surface area contributed by atoms with Crippen molar-refractivity contribution < 1.29 is 5.21 Å². The summed E-state index contributed by atoms with van der Waals surface area (Å²) in [6, 6.07) is 6.16. The molecule has 0 spiro atoms. The van der Waals surface area contributed by atoms with Gasteiger partial charge >= 0.3 is 0 Å². The maximum atomic E-state index is 8.92. The molecule has 2 aromatic rings. The van der Waals surface area contributed by atoms with Gasteiger partial charge in [-0.05, 0) is 31.4 Å². The van der Waals surface area contributed by atoms with Crippen molar-refractivity contribution in [1.82, 2.24) is 4.98 Å². The Morgan fingerprint density at radius 3 is 2.90 bits per heavy atom. The standard InChI is InChI=1S/C14H18N4OS/c1-10(2)18(9-11-4-3-7-20-11)13-8-16-6-5-12(13)14(15)17-19/h3-8,10,19H,9H2,1-2H3,(H2,15,17). The number of hydrogen-bond donors (Lipinski definition) is 2. The molecule has 0 saturated carbocycles. The number of rotatable bonds is 5. The van der Waals surface area contributed by atoms with Gasteiger partial charge in [0, 0.05) is 22.7 Å². The highest BCUT2D eigenvalue weighted by Gasteiger charge is 2.17. The molecule has 0 radical (unpaired) electrons. The number of oxime groups is 1. The van der Waals surface area contributed by atoms with Crippen molar-refractivity contribution in [1.29, 1.82) is 0 Å². The Morgan fingerprint density at radius 1 is 1.50 bits per heavy atom. The SMILES string of the molecule is CC(C)N(Cc1cccs1)c1cnccc1/C(N)=N/O. The number of nitrogens with zero attached hydrogens (tertiary/aromatic N) is 3. The van der Waals surface area contributed by atoms with Gasteiger partial charge in [0.2, 0.25) is 0 Å². The van der Waals surface area contributed by atoms with Crippen LogP contribution in [0.3, 0.4) is 0 Å². The molecular formula is C14H18N4OS. The molecule has 0 atom stereocenters. The van der Waals surface area contributed by atoms with Gasteiger partial charge in [0.1, 0.15) is 0 Å². The van der Waals surface area contributed by atoms with Gasteiger partial charge in [-0.1, -0.05) is 11.2 Å². The van der Waals surface area contributed by atoms with Gasteiger partial charge in [-0.15, -0.1) is 11.3 Å². The van der Waals surface area contributed by atoms with Crippen LogP contribution in [0, 0.1) is 0 Å². The summed E-state index contributed by atoms with van der Waals surface area (Å²) in [6.07, 6.45) is 3.39. The maximum absolute atomic E-state index is 8.92. The van der Waals surface area contributed by atoms with Crippen LogP contribution < -0.4 is 10.6 Å². The first-order valence-electron chi connectivity index (χ1n) is 6.34. The molecule has 0 fully saturated rings. The van der Waals surface area contributed by atoms with Crippen LogP contribution >= 0.6 is 11.3 Å². The van der Waals surface area contributed by atoms with E-state index < -0.39 is 0 Å². The van der Waals surface area contributed by atoms with E-state index in [9.17, 15) is 0 Å². The normalized spacial score (nSPS) is 11.8. The lowest BCUT2D eigenvalue weighted by molar-refractivity contribution is 0.318. The Hall–Kier alpha value is -2.08. The first-order chi connectivity index (χ1) is 9.63. The predicted molar refractivity (Wildman–Crippen MR) is 82.4 cm³/mol. The van der Waals surface area contributed by atoms with Crippen LogP contribution in [0.4, 0.5) is 5.69 Å². The number of thiophene rings is 1. The maximum Gasteiger partial charge on any atom is 0.172 e. The van der Waals surface area contributed by atoms with Crippen LogP contribution in [-0.2, 0) is 6.54 Å². The zero-order chi connectivity index (χ0) is 14.5. The third-order valence-electron chi connectivity index (χ3n) is 3.02. The van der Waals surface area contributed by atoms with Gasteiger partial charge in [0.25, 0.3) is 0 Å². The van der Waals surface area contributed by atoms with Crippen molar-refractivity contribution in [2.45, 2.75) is 26.4 Å². The summed E-state index contributed by atoms with van der Waals surface area (Å²) >= 11 is 1.71. The van der Waals surface area contributed by atoms with Crippen molar-refractivity contribution in [2.24, 2.45) is 10.9 Å². The Labute approximate surface area is 122 Å². The van der Waals surface area contributed by atoms with E-state index in [1.54, 1.807) is 29.8 Å². The predicted octanol–water partition coefficient (Wildman–Crippen LogP) is 2.65. The lowest BCUT2D eigenvalue weighted by Crippen LogP contribution is -2.32. The van der Waals surface area contributed by atoms with E-state index in [2.05, 4.69) is 40.3 Å². The lowest BCUT2D eigenvalue weighted by Gasteiger charge is -2.29. The molecule has 0 bridgehead atoms. The molecule has 0 aliphatic heterocycles. The van der Waals surface area contributed by atoms with E-state index in [1.165, 1.54) is 4.88 Å². The van der Waals surface area contributed by atoms with Crippen LogP contribution in [0.2, 0.25) is 0 Å². The Balaban J connectivity index is 2.39. The van der Waals surface area contributed by atoms with Gasteiger partial charge in [-0.2, -0.15) is 0 Å². The first-order valence-corrected chi connectivity index (χ1v) is 7.22. The minimum atomic E-state index is 0.0965. The van der Waals surface area contributed by atoms with E-state index in [-0.39, 0.29) is 11.9 Å². The molecule has 106 valence electrons. The minimum Gasteiger partial charge on any atom is -0.409 e. The van der Waals surface area contributed by atoms with Crippen LogP contribution in [0.15, 0.2) is 41.1 Å². The molecule has 5 nitrogen and oxygen atoms in total. The third kappa shape index (κ3) is 3.08. The van der Waals surface area contributed by atoms with Gasteiger partial charge in [-0.3, -0.25) is 4.98 Å². The summed E-state index contributed by atoms with van der Waals surface area (Å²) in [5.74, 6) is 0.0965. The number of aromatic nitrogens is 1. The quantitative estimate of drug-likeness (QED) is 0.384. The van der Waals surface area contributed by atoms with Crippen molar-refractivity contribution in [3.63, 3.8) is 0 Å². The highest BCUT2D eigenvalue weighted by atomic mass is 32.1. The zero-order valence-corrected chi connectivity index (χ0v) is 12.3. The van der Waals surface area contributed by atoms with Gasteiger partial charge in [0.15, 0.2) is 5.84 Å². The zero-order valence-electron chi connectivity index (χ0n) is 11.5. The third-order valence-corrected chi connectivity index (χ3v) is 3.88. The van der Waals surface area contributed by atoms with E-state index in [0.29, 0.717) is 5.56 Å². The molecule has 6 heteroatoms. The van der Waals surface area contributed by atoms with E-state index in [0.717, 1.165) is 12.2 Å². The van der Waals surface area contributed by atoms with Gasteiger partial charge in [0.05, 0.1) is 18.4 Å². The van der Waals surface area contributed by atoms with Crippen molar-refractivity contribution in [3.8, 4) is 0 Å². The van der Waals surface area contributed by atoms with Crippen LogP contribution in [0.5, 0.6) is 0 Å². The second kappa shape index (κ2) is 6.38. The molecular weight excluding hydrogens is 272 g/mol. The summed E-state index contributed by atoms with van der Waals surface area (Å²) in [4.78, 5) is 7.61. The lowest BCUT2D eigenvalue weighted by atomic mass is 10.1. The van der Waals surface area contributed by atoms with Gasteiger partial charge in [-0.25, -0.2) is 0 Å². The summed E-state index contributed by atoms with van der Waals surface area (Å²) in [5.41, 5.74) is 7.31. The van der Waals surface area contributed by atoms with Crippen molar-refractivity contribution in [3.05, 3.63) is 46.4 Å². The average molecular weight is 290 g/mol. The molecule has 0 amide bonds. The second-order valence-corrected chi connectivity index (χ2v) is 5.71. The summed E-state index contributed by atoms with van der Waals surface area (Å²) < 4.78 is 0. The van der Waals surface area contributed by atoms with Crippen LogP contribution in [-0.4, -0.2) is 22.1 Å². The Bertz CT molecular complexity index is 581. The van der Waals surface area contributed by atoms with Gasteiger partial charge < -0.3 is 15.8 Å². The molecule has 0 aliphatic rings. The highest BCUT2D eigenvalue weighted by Crippen LogP contribution is 2.25. The molecule has 2 aromatic heterocycles. The molecule has 0 aliphatic carbocycles. The second-order valence-electron chi connectivity index (χ2n) is 4.68. The largest absolute Gasteiger partial charge is 0.409 e. The highest BCUT2D eigenvalue weighted by molar-refractivity contribution is 7.09. The molecule has 0 unspecified atom stereocenters.